The maximum atomic E-state index is 3.62. The minimum atomic E-state index is 0.473. The molecular formula is C18H22N2. The van der Waals surface area contributed by atoms with E-state index in [0.29, 0.717) is 6.04 Å². The molecule has 20 heavy (non-hydrogen) atoms. The molecule has 0 bridgehead atoms. The van der Waals surface area contributed by atoms with E-state index in [1.807, 2.05) is 0 Å². The molecule has 1 aliphatic rings. The van der Waals surface area contributed by atoms with Crippen molar-refractivity contribution in [2.45, 2.75) is 12.5 Å². The lowest BCUT2D eigenvalue weighted by molar-refractivity contribution is 0.203. The van der Waals surface area contributed by atoms with Crippen molar-refractivity contribution in [1.82, 2.24) is 10.2 Å². The molecule has 2 aromatic carbocycles. The first-order valence-corrected chi connectivity index (χ1v) is 7.46. The second-order valence-electron chi connectivity index (χ2n) is 5.45. The van der Waals surface area contributed by atoms with Gasteiger partial charge in [-0.15, -0.1) is 0 Å². The molecule has 1 N–H and O–H groups in total. The number of rotatable bonds is 4. The van der Waals surface area contributed by atoms with E-state index in [0.717, 1.165) is 32.6 Å². The number of hydrogen-bond donors (Lipinski definition) is 1. The third-order valence-electron chi connectivity index (χ3n) is 4.02. The Hall–Kier alpha value is -1.64. The largest absolute Gasteiger partial charge is 0.308 e. The molecule has 2 aromatic rings. The number of hydrogen-bond acceptors (Lipinski definition) is 2. The minimum Gasteiger partial charge on any atom is -0.308 e. The third-order valence-corrected chi connectivity index (χ3v) is 4.02. The van der Waals surface area contributed by atoms with Crippen molar-refractivity contribution in [3.63, 3.8) is 0 Å². The molecule has 2 heteroatoms. The van der Waals surface area contributed by atoms with Gasteiger partial charge in [-0.3, -0.25) is 4.90 Å². The minimum absolute atomic E-state index is 0.473. The Bertz CT molecular complexity index is 509. The van der Waals surface area contributed by atoms with Gasteiger partial charge in [-0.2, -0.15) is 0 Å². The van der Waals surface area contributed by atoms with Crippen molar-refractivity contribution < 1.29 is 0 Å². The van der Waals surface area contributed by atoms with Crippen molar-refractivity contribution in [3.05, 3.63) is 71.8 Å². The highest BCUT2D eigenvalue weighted by Crippen LogP contribution is 2.17. The highest BCUT2D eigenvalue weighted by atomic mass is 15.2. The summed E-state index contributed by atoms with van der Waals surface area (Å²) in [5.74, 6) is 0. The van der Waals surface area contributed by atoms with Gasteiger partial charge in [0.25, 0.3) is 0 Å². The molecule has 0 aliphatic carbocycles. The molecule has 1 saturated heterocycles. The van der Waals surface area contributed by atoms with Crippen LogP contribution in [0.2, 0.25) is 0 Å². The molecule has 0 amide bonds. The summed E-state index contributed by atoms with van der Waals surface area (Å²) in [7, 11) is 0. The second kappa shape index (κ2) is 6.69. The molecule has 1 fully saturated rings. The second-order valence-corrected chi connectivity index (χ2v) is 5.45. The van der Waals surface area contributed by atoms with Crippen molar-refractivity contribution in [1.29, 1.82) is 0 Å². The summed E-state index contributed by atoms with van der Waals surface area (Å²) in [4.78, 5) is 2.57. The highest BCUT2D eigenvalue weighted by Gasteiger charge is 2.19. The first-order chi connectivity index (χ1) is 9.92. The summed E-state index contributed by atoms with van der Waals surface area (Å²) in [5.41, 5.74) is 2.83. The molecule has 1 unspecified atom stereocenters. The molecule has 1 atom stereocenters. The fourth-order valence-electron chi connectivity index (χ4n) is 2.85. The van der Waals surface area contributed by atoms with Crippen molar-refractivity contribution in [2.24, 2.45) is 0 Å². The molecule has 0 radical (unpaired) electrons. The smallest absolute Gasteiger partial charge is 0.0449 e. The Morgan fingerprint density at radius 2 is 1.65 bits per heavy atom. The van der Waals surface area contributed by atoms with Crippen molar-refractivity contribution in [2.75, 3.05) is 26.2 Å². The molecular weight excluding hydrogens is 244 g/mol. The van der Waals surface area contributed by atoms with Gasteiger partial charge in [-0.05, 0) is 17.5 Å². The average molecular weight is 266 g/mol. The lowest BCUT2D eigenvalue weighted by Crippen LogP contribution is -2.46. The first-order valence-electron chi connectivity index (χ1n) is 7.46. The molecule has 104 valence electrons. The van der Waals surface area contributed by atoms with Crippen LogP contribution >= 0.6 is 0 Å². The van der Waals surface area contributed by atoms with Crippen LogP contribution in [0.1, 0.15) is 17.2 Å². The van der Waals surface area contributed by atoms with Gasteiger partial charge in [-0.25, -0.2) is 0 Å². The van der Waals surface area contributed by atoms with Crippen LogP contribution < -0.4 is 5.32 Å². The Balaban J connectivity index is 1.56. The zero-order valence-electron chi connectivity index (χ0n) is 11.8. The van der Waals surface area contributed by atoms with Gasteiger partial charge >= 0.3 is 0 Å². The van der Waals surface area contributed by atoms with E-state index >= 15 is 0 Å². The van der Waals surface area contributed by atoms with Gasteiger partial charge in [0.05, 0.1) is 0 Å². The van der Waals surface area contributed by atoms with Crippen LogP contribution in [0.3, 0.4) is 0 Å². The summed E-state index contributed by atoms with van der Waals surface area (Å²) in [6.07, 6.45) is 1.14. The van der Waals surface area contributed by atoms with E-state index in [9.17, 15) is 0 Å². The van der Waals surface area contributed by atoms with Gasteiger partial charge < -0.3 is 5.32 Å². The van der Waals surface area contributed by atoms with E-state index in [4.69, 9.17) is 0 Å². The van der Waals surface area contributed by atoms with E-state index in [1.54, 1.807) is 0 Å². The molecule has 0 aromatic heterocycles. The van der Waals surface area contributed by atoms with Crippen LogP contribution in [0.15, 0.2) is 60.7 Å². The first kappa shape index (κ1) is 13.3. The maximum Gasteiger partial charge on any atom is 0.0449 e. The summed E-state index contributed by atoms with van der Waals surface area (Å²) < 4.78 is 0. The summed E-state index contributed by atoms with van der Waals surface area (Å²) >= 11 is 0. The predicted molar refractivity (Wildman–Crippen MR) is 83.8 cm³/mol. The van der Waals surface area contributed by atoms with E-state index in [2.05, 4.69) is 70.9 Å². The zero-order valence-corrected chi connectivity index (χ0v) is 11.8. The predicted octanol–water partition coefficient (Wildman–Crippen LogP) is 2.88. The SMILES string of the molecule is c1ccc(CCN2CCNC(c3ccccc3)C2)cc1. The fourth-order valence-corrected chi connectivity index (χ4v) is 2.85. The van der Waals surface area contributed by atoms with Gasteiger partial charge in [0.2, 0.25) is 0 Å². The molecule has 0 spiro atoms. The van der Waals surface area contributed by atoms with Gasteiger partial charge in [0, 0.05) is 32.2 Å². The monoisotopic (exact) mass is 266 g/mol. The average Bonchev–Trinajstić information content (AvgIpc) is 2.55. The molecule has 3 rings (SSSR count). The molecule has 2 nitrogen and oxygen atoms in total. The van der Waals surface area contributed by atoms with E-state index in [-0.39, 0.29) is 0 Å². The van der Waals surface area contributed by atoms with Crippen molar-refractivity contribution >= 4 is 0 Å². The lowest BCUT2D eigenvalue weighted by atomic mass is 10.0. The van der Waals surface area contributed by atoms with Crippen LogP contribution in [0.5, 0.6) is 0 Å². The van der Waals surface area contributed by atoms with E-state index < -0.39 is 0 Å². The Kier molecular flexibility index (Phi) is 4.46. The Labute approximate surface area is 121 Å². The number of nitrogens with zero attached hydrogens (tertiary/aromatic N) is 1. The summed E-state index contributed by atoms with van der Waals surface area (Å²) in [5, 5.41) is 3.62. The number of nitrogens with one attached hydrogen (secondary N) is 1. The molecule has 1 aliphatic heterocycles. The molecule has 0 saturated carbocycles. The quantitative estimate of drug-likeness (QED) is 0.915. The third kappa shape index (κ3) is 3.47. The Morgan fingerprint density at radius 1 is 0.950 bits per heavy atom. The highest BCUT2D eigenvalue weighted by molar-refractivity contribution is 5.20. The summed E-state index contributed by atoms with van der Waals surface area (Å²) in [6, 6.07) is 22.0. The van der Waals surface area contributed by atoms with Gasteiger partial charge in [0.15, 0.2) is 0 Å². The van der Waals surface area contributed by atoms with Crippen LogP contribution in [0.25, 0.3) is 0 Å². The van der Waals surface area contributed by atoms with Crippen LogP contribution in [-0.4, -0.2) is 31.1 Å². The van der Waals surface area contributed by atoms with Crippen LogP contribution in [0, 0.1) is 0 Å². The summed E-state index contributed by atoms with van der Waals surface area (Å²) in [6.45, 7) is 4.48. The van der Waals surface area contributed by atoms with Crippen molar-refractivity contribution in [3.8, 4) is 0 Å². The zero-order chi connectivity index (χ0) is 13.6. The standard InChI is InChI=1S/C18H22N2/c1-3-7-16(8-4-1)11-13-20-14-12-19-18(15-20)17-9-5-2-6-10-17/h1-10,18-19H,11-15H2. The normalized spacial score (nSPS) is 19.9. The number of piperazine rings is 1. The Morgan fingerprint density at radius 3 is 2.40 bits per heavy atom. The van der Waals surface area contributed by atoms with Gasteiger partial charge in [0.1, 0.15) is 0 Å². The topological polar surface area (TPSA) is 15.3 Å². The number of benzene rings is 2. The van der Waals surface area contributed by atoms with E-state index in [1.165, 1.54) is 11.1 Å². The van der Waals surface area contributed by atoms with Crippen LogP contribution in [-0.2, 0) is 6.42 Å². The van der Waals surface area contributed by atoms with Crippen LogP contribution in [0.4, 0.5) is 0 Å². The van der Waals surface area contributed by atoms with Gasteiger partial charge in [-0.1, -0.05) is 60.7 Å². The lowest BCUT2D eigenvalue weighted by Gasteiger charge is -2.34. The maximum absolute atomic E-state index is 3.62. The fraction of sp³-hybridized carbons (Fsp3) is 0.333. The molecule has 1 heterocycles.